The quantitative estimate of drug-likeness (QED) is 0.0463. The molecule has 0 radical (unpaired) electrons. The molecule has 0 spiro atoms. The van der Waals surface area contributed by atoms with E-state index in [1.54, 1.807) is 0 Å². The summed E-state index contributed by atoms with van der Waals surface area (Å²) in [7, 11) is 12.5. The molecule has 0 saturated carbocycles. The second kappa shape index (κ2) is 39.9. The Hall–Kier alpha value is -2.56. The third-order valence-electron chi connectivity index (χ3n) is 3.53. The Morgan fingerprint density at radius 3 is 0.846 bits per heavy atom. The van der Waals surface area contributed by atoms with Gasteiger partial charge in [0.2, 0.25) is 0 Å². The minimum absolute atomic E-state index is 0. The van der Waals surface area contributed by atoms with E-state index in [0.29, 0.717) is 19.6 Å². The van der Waals surface area contributed by atoms with E-state index in [9.17, 15) is 10.2 Å². The Balaban J connectivity index is -0.000000153. The number of rotatable bonds is 24. The summed E-state index contributed by atoms with van der Waals surface area (Å²) < 4.78 is 37.7. The van der Waals surface area contributed by atoms with E-state index >= 15 is 0 Å². The molecule has 14 nitrogen and oxygen atoms in total. The Labute approximate surface area is 220 Å². The van der Waals surface area contributed by atoms with Crippen molar-refractivity contribution in [2.45, 2.75) is 30.8 Å². The molecular weight excluding hydrogens is 1030 g/mol. The zero-order valence-electron chi connectivity index (χ0n) is 23.1. The summed E-state index contributed by atoms with van der Waals surface area (Å²) in [6.45, 7) is 2.82. The smallest absolute Gasteiger partial charge is 0.0976 e. The molecule has 0 saturated heterocycles. The van der Waals surface area contributed by atoms with Crippen molar-refractivity contribution in [3.63, 3.8) is 0 Å². The van der Waals surface area contributed by atoms with Crippen LogP contribution in [-0.2, 0) is 37.9 Å². The molecule has 0 aliphatic carbocycles. The molecule has 0 rings (SSSR count). The number of aliphatic hydroxyl groups excluding tert-OH is 6. The first-order valence-electron chi connectivity index (χ1n) is 11.6. The second-order valence-electron chi connectivity index (χ2n) is 7.20. The molecule has 0 aromatic carbocycles. The molecule has 0 fully saturated rings. The van der Waals surface area contributed by atoms with Gasteiger partial charge in [-0.3, -0.25) is 0 Å². The Kier molecular flexibility index (Phi) is 47.4. The van der Waals surface area contributed by atoms with E-state index in [1.165, 1.54) is 0 Å². The molecule has 0 aromatic heterocycles. The summed E-state index contributed by atoms with van der Waals surface area (Å²) in [6, 6.07) is 0. The van der Waals surface area contributed by atoms with Crippen LogP contribution in [0.2, 0.25) is 0 Å². The van der Waals surface area contributed by atoms with Crippen LogP contribution in [-0.4, -0.2) is 148 Å². The van der Waals surface area contributed by atoms with E-state index in [4.69, 9.17) is 39.4 Å². The fourth-order valence-corrected chi connectivity index (χ4v) is 2.01. The summed E-state index contributed by atoms with van der Waals surface area (Å²) in [5, 5.41) is 52.7. The first kappa shape index (κ1) is 46.3. The molecule has 0 bridgehead atoms. The van der Waals surface area contributed by atoms with Crippen LogP contribution in [0.5, 0.6) is 0 Å². The van der Waals surface area contributed by atoms with Gasteiger partial charge in [-0.25, -0.2) is 28.4 Å². The predicted octanol–water partition coefficient (Wildman–Crippen LogP) is -1.92. The van der Waals surface area contributed by atoms with E-state index < -0.39 is 24.4 Å². The van der Waals surface area contributed by atoms with E-state index in [1.807, 2.05) is 0 Å². The van der Waals surface area contributed by atoms with Crippen LogP contribution in [0, 0.1) is 28.4 Å². The fourth-order valence-electron chi connectivity index (χ4n) is 2.01. The van der Waals surface area contributed by atoms with E-state index in [-0.39, 0.29) is 79.3 Å². The molecular formula is C23H48O14Rf2-4. The molecule has 0 aliphatic rings. The van der Waals surface area contributed by atoms with Gasteiger partial charge < -0.3 is 68.5 Å². The molecule has 232 valence electrons. The first-order chi connectivity index (χ1) is 17.8. The van der Waals surface area contributed by atoms with Crippen molar-refractivity contribution >= 4 is 0 Å². The van der Waals surface area contributed by atoms with Crippen LogP contribution in [0.1, 0.15) is 6.42 Å². The molecule has 4 atom stereocenters. The van der Waals surface area contributed by atoms with Gasteiger partial charge in [-0.1, -0.05) is 0 Å². The van der Waals surface area contributed by atoms with Crippen molar-refractivity contribution in [1.82, 2.24) is 0 Å². The molecule has 4 unspecified atom stereocenters. The standard InChI is InChI=1S/C11H22O6.2C6H13O4.2Rf/c1-14-6-10(12)8-16-4-3-5-17-9-11(13)7-15-2;2*1-9-4-6(8)5-10-3-2-7;;/h10-13H,1-9H2;2*6-8H,1-5H2;;/q-2;2*-1;;. The van der Waals surface area contributed by atoms with Crippen molar-refractivity contribution in [1.29, 1.82) is 0 Å². The predicted molar refractivity (Wildman–Crippen MR) is 131 cm³/mol. The van der Waals surface area contributed by atoms with Gasteiger partial charge in [-0.15, -0.1) is 0 Å². The molecule has 39 heavy (non-hydrogen) atoms. The SMILES string of the molecule is [CH2-]OCC(O)COCCCOCC(O)CO[CH2-].[CH2-]OCC(O)COCCO.[CH2-]OCC(O)COCCO.[Rf].[Rf]. The zero-order valence-corrected chi connectivity index (χ0v) is 35.9. The average Bonchev–Trinajstić information content (AvgIpc) is 2.85. The minimum Gasteiger partial charge on any atom is -0.553 e. The van der Waals surface area contributed by atoms with Crippen LogP contribution in [0.15, 0.2) is 0 Å². The first-order valence-corrected chi connectivity index (χ1v) is 11.6. The number of aliphatic hydroxyl groups is 6. The van der Waals surface area contributed by atoms with Crippen molar-refractivity contribution in [3.8, 4) is 0 Å². The van der Waals surface area contributed by atoms with Gasteiger partial charge in [0, 0.05) is 39.6 Å². The Morgan fingerprint density at radius 2 is 0.641 bits per heavy atom. The number of hydrogen-bond donors (Lipinski definition) is 6. The van der Waals surface area contributed by atoms with Crippen LogP contribution in [0.4, 0.5) is 0 Å². The Bertz CT molecular complexity index is 372. The Morgan fingerprint density at radius 1 is 0.410 bits per heavy atom. The topological polar surface area (TPSA) is 195 Å². The van der Waals surface area contributed by atoms with Crippen LogP contribution in [0.25, 0.3) is 0 Å². The molecule has 6 N–H and O–H groups in total. The summed E-state index contributed by atoms with van der Waals surface area (Å²) >= 11 is 0. The van der Waals surface area contributed by atoms with Gasteiger partial charge in [0.05, 0.1) is 77.3 Å². The van der Waals surface area contributed by atoms with Gasteiger partial charge in [0.1, 0.15) is 0 Å². The molecule has 0 amide bonds. The van der Waals surface area contributed by atoms with Gasteiger partial charge >= 0.3 is 0 Å². The summed E-state index contributed by atoms with van der Waals surface area (Å²) in [5.41, 5.74) is 0. The third-order valence-corrected chi connectivity index (χ3v) is 3.53. The van der Waals surface area contributed by atoms with Gasteiger partial charge in [-0.2, -0.15) is 0 Å². The van der Waals surface area contributed by atoms with Crippen molar-refractivity contribution in [2.24, 2.45) is 0 Å². The monoisotopic (exact) mass is 1080 g/mol. The van der Waals surface area contributed by atoms with Gasteiger partial charge in [0.25, 0.3) is 0 Å². The largest absolute Gasteiger partial charge is 0.553 e. The molecule has 0 heterocycles. The zero-order chi connectivity index (χ0) is 28.6. The van der Waals surface area contributed by atoms with Crippen LogP contribution in [0.3, 0.4) is 0 Å². The summed E-state index contributed by atoms with van der Waals surface area (Å²) in [5.74, 6) is 0. The maximum Gasteiger partial charge on any atom is 0.0976 e. The molecule has 16 heteroatoms. The van der Waals surface area contributed by atoms with Crippen molar-refractivity contribution in [3.05, 3.63) is 28.4 Å². The fraction of sp³-hybridized carbons (Fsp3) is 0.826. The van der Waals surface area contributed by atoms with Gasteiger partial charge in [0.15, 0.2) is 0 Å². The van der Waals surface area contributed by atoms with E-state index in [0.717, 1.165) is 0 Å². The van der Waals surface area contributed by atoms with Crippen LogP contribution >= 0.6 is 0 Å². The van der Waals surface area contributed by atoms with Crippen LogP contribution < -0.4 is 0 Å². The number of ether oxygens (including phenoxy) is 8. The normalized spacial score (nSPS) is 13.4. The maximum atomic E-state index is 9.21. The van der Waals surface area contributed by atoms with Crippen molar-refractivity contribution < 1.29 is 68.5 Å². The molecule has 0 aromatic rings. The van der Waals surface area contributed by atoms with E-state index in [2.05, 4.69) is 47.4 Å². The summed E-state index contributed by atoms with van der Waals surface area (Å²) in [6.07, 6.45) is -1.91. The average molecular weight is 1080 g/mol. The third kappa shape index (κ3) is 45.7. The summed E-state index contributed by atoms with van der Waals surface area (Å²) in [4.78, 5) is 0. The molecule has 0 aliphatic heterocycles. The van der Waals surface area contributed by atoms with Gasteiger partial charge in [-0.05, 0) is 6.42 Å². The number of hydrogen-bond acceptors (Lipinski definition) is 14. The maximum absolute atomic E-state index is 9.21. The van der Waals surface area contributed by atoms with Crippen molar-refractivity contribution in [2.75, 3.05) is 92.5 Å². The minimum atomic E-state index is -0.649. The second-order valence-corrected chi connectivity index (χ2v) is 7.20.